The van der Waals surface area contributed by atoms with E-state index in [9.17, 15) is 0 Å². The molecule has 1 fully saturated rings. The van der Waals surface area contributed by atoms with Crippen LogP contribution in [0.5, 0.6) is 0 Å². The first-order chi connectivity index (χ1) is 16.5. The Bertz CT molecular complexity index is 1320. The average Bonchev–Trinajstić information content (AvgIpc) is 3.35. The van der Waals surface area contributed by atoms with Crippen LogP contribution in [0, 0.1) is 20.8 Å². The van der Waals surface area contributed by atoms with Gasteiger partial charge in [0, 0.05) is 29.0 Å². The third kappa shape index (κ3) is 3.80. The van der Waals surface area contributed by atoms with Crippen LogP contribution in [-0.2, 0) is 6.42 Å². The smallest absolute Gasteiger partial charge is 0.174 e. The van der Waals surface area contributed by atoms with Crippen LogP contribution in [0.2, 0.25) is 0 Å². The highest BCUT2D eigenvalue weighted by molar-refractivity contribution is 7.80. The fourth-order valence-electron chi connectivity index (χ4n) is 5.14. The van der Waals surface area contributed by atoms with Crippen molar-refractivity contribution in [3.05, 3.63) is 113 Å². The SMILES string of the molecule is CCc1ccccc1-n1c(C)cc(C2C(c3ccccn3)NC(=S)N2c2ccc(C)cc2)c1C. The highest BCUT2D eigenvalue weighted by atomic mass is 32.1. The molecule has 0 aliphatic carbocycles. The van der Waals surface area contributed by atoms with Crippen molar-refractivity contribution >= 4 is 23.0 Å². The number of aryl methyl sites for hydroxylation is 3. The quantitative estimate of drug-likeness (QED) is 0.339. The van der Waals surface area contributed by atoms with Gasteiger partial charge in [0.1, 0.15) is 0 Å². The van der Waals surface area contributed by atoms with Crippen molar-refractivity contribution in [2.45, 2.75) is 46.2 Å². The second kappa shape index (κ2) is 9.07. The lowest BCUT2D eigenvalue weighted by atomic mass is 9.96. The molecule has 1 saturated heterocycles. The Labute approximate surface area is 207 Å². The van der Waals surface area contributed by atoms with Crippen molar-refractivity contribution in [1.82, 2.24) is 14.9 Å². The van der Waals surface area contributed by atoms with Crippen LogP contribution < -0.4 is 10.2 Å². The van der Waals surface area contributed by atoms with Gasteiger partial charge in [-0.05, 0) is 86.9 Å². The number of hydrogen-bond acceptors (Lipinski definition) is 2. The number of rotatable bonds is 5. The standard InChI is InChI=1S/C29H30N4S/c1-5-22-10-6-7-12-26(22)32-20(3)18-24(21(32)4)28-27(25-11-8-9-17-30-25)31-29(34)33(28)23-15-13-19(2)14-16-23/h6-18,27-28H,5H2,1-4H3,(H,31,34). The summed E-state index contributed by atoms with van der Waals surface area (Å²) in [6.45, 7) is 8.73. The maximum Gasteiger partial charge on any atom is 0.174 e. The molecule has 2 atom stereocenters. The summed E-state index contributed by atoms with van der Waals surface area (Å²) in [5, 5.41) is 4.31. The van der Waals surface area contributed by atoms with Crippen LogP contribution in [-0.4, -0.2) is 14.7 Å². The summed E-state index contributed by atoms with van der Waals surface area (Å²) < 4.78 is 2.39. The first-order valence-corrected chi connectivity index (χ1v) is 12.2. The van der Waals surface area contributed by atoms with Gasteiger partial charge in [0.2, 0.25) is 0 Å². The van der Waals surface area contributed by atoms with E-state index in [0.717, 1.165) is 22.9 Å². The highest BCUT2D eigenvalue weighted by Crippen LogP contribution is 2.43. The van der Waals surface area contributed by atoms with E-state index in [1.54, 1.807) is 0 Å². The predicted molar refractivity (Wildman–Crippen MR) is 144 cm³/mol. The van der Waals surface area contributed by atoms with Crippen LogP contribution >= 0.6 is 12.2 Å². The lowest BCUT2D eigenvalue weighted by Crippen LogP contribution is -2.29. The molecule has 34 heavy (non-hydrogen) atoms. The number of para-hydroxylation sites is 1. The van der Waals surface area contributed by atoms with E-state index in [1.165, 1.54) is 33.8 Å². The number of aromatic nitrogens is 2. The van der Waals surface area contributed by atoms with Gasteiger partial charge in [-0.3, -0.25) is 4.98 Å². The summed E-state index contributed by atoms with van der Waals surface area (Å²) in [5.41, 5.74) is 9.60. The van der Waals surface area contributed by atoms with Gasteiger partial charge in [0.15, 0.2) is 5.11 Å². The van der Waals surface area contributed by atoms with Crippen molar-refractivity contribution in [3.63, 3.8) is 0 Å². The predicted octanol–water partition coefficient (Wildman–Crippen LogP) is 6.54. The molecule has 0 radical (unpaired) electrons. The zero-order chi connectivity index (χ0) is 23.8. The van der Waals surface area contributed by atoms with E-state index in [1.807, 2.05) is 18.3 Å². The van der Waals surface area contributed by atoms with Crippen LogP contribution in [0.15, 0.2) is 79.0 Å². The molecule has 2 aromatic heterocycles. The number of pyridine rings is 1. The van der Waals surface area contributed by atoms with Gasteiger partial charge in [-0.2, -0.15) is 0 Å². The summed E-state index contributed by atoms with van der Waals surface area (Å²) in [5.74, 6) is 0. The van der Waals surface area contributed by atoms with Crippen molar-refractivity contribution < 1.29 is 0 Å². The van der Waals surface area contributed by atoms with E-state index >= 15 is 0 Å². The largest absolute Gasteiger partial charge is 0.351 e. The van der Waals surface area contributed by atoms with Gasteiger partial charge < -0.3 is 14.8 Å². The normalized spacial score (nSPS) is 17.8. The minimum atomic E-state index is -0.0506. The molecule has 1 aliphatic rings. The molecule has 172 valence electrons. The van der Waals surface area contributed by atoms with Crippen molar-refractivity contribution in [3.8, 4) is 5.69 Å². The molecule has 3 heterocycles. The highest BCUT2D eigenvalue weighted by Gasteiger charge is 2.42. The number of thiocarbonyl (C=S) groups is 1. The Morgan fingerprint density at radius 2 is 1.68 bits per heavy atom. The third-order valence-corrected chi connectivity index (χ3v) is 7.13. The molecule has 0 saturated carbocycles. The third-order valence-electron chi connectivity index (χ3n) is 6.81. The first-order valence-electron chi connectivity index (χ1n) is 11.8. The molecular weight excluding hydrogens is 436 g/mol. The fourth-order valence-corrected chi connectivity index (χ4v) is 5.49. The molecule has 0 bridgehead atoms. The van der Waals surface area contributed by atoms with E-state index in [2.05, 4.69) is 103 Å². The van der Waals surface area contributed by atoms with Crippen LogP contribution in [0.25, 0.3) is 5.69 Å². The molecule has 2 aromatic carbocycles. The summed E-state index contributed by atoms with van der Waals surface area (Å²) in [7, 11) is 0. The van der Waals surface area contributed by atoms with E-state index in [0.29, 0.717) is 0 Å². The minimum absolute atomic E-state index is 0.0150. The monoisotopic (exact) mass is 466 g/mol. The molecular formula is C29H30N4S. The lowest BCUT2D eigenvalue weighted by Gasteiger charge is -2.28. The number of anilines is 1. The van der Waals surface area contributed by atoms with Gasteiger partial charge in [0.05, 0.1) is 17.8 Å². The maximum atomic E-state index is 5.91. The molecule has 0 amide bonds. The van der Waals surface area contributed by atoms with Gasteiger partial charge in [-0.1, -0.05) is 48.9 Å². The zero-order valence-corrected chi connectivity index (χ0v) is 20.9. The summed E-state index contributed by atoms with van der Waals surface area (Å²) in [4.78, 5) is 6.96. The number of benzene rings is 2. The van der Waals surface area contributed by atoms with Crippen molar-refractivity contribution in [2.75, 3.05) is 4.90 Å². The second-order valence-corrected chi connectivity index (χ2v) is 9.36. The van der Waals surface area contributed by atoms with Crippen LogP contribution in [0.1, 0.15) is 52.8 Å². The minimum Gasteiger partial charge on any atom is -0.351 e. The molecule has 5 rings (SSSR count). The number of nitrogens with zero attached hydrogens (tertiary/aromatic N) is 3. The fraction of sp³-hybridized carbons (Fsp3) is 0.241. The molecule has 4 nitrogen and oxygen atoms in total. The second-order valence-electron chi connectivity index (χ2n) is 8.98. The Morgan fingerprint density at radius 3 is 2.38 bits per heavy atom. The Morgan fingerprint density at radius 1 is 0.941 bits per heavy atom. The zero-order valence-electron chi connectivity index (χ0n) is 20.1. The summed E-state index contributed by atoms with van der Waals surface area (Å²) in [6, 6.07) is 25.6. The van der Waals surface area contributed by atoms with E-state index in [4.69, 9.17) is 17.2 Å². The Kier molecular flexibility index (Phi) is 5.96. The first kappa shape index (κ1) is 22.4. The number of nitrogens with one attached hydrogen (secondary N) is 1. The van der Waals surface area contributed by atoms with Crippen LogP contribution in [0.4, 0.5) is 5.69 Å². The Balaban J connectivity index is 1.69. The number of hydrogen-bond donors (Lipinski definition) is 1. The van der Waals surface area contributed by atoms with Crippen molar-refractivity contribution in [2.24, 2.45) is 0 Å². The molecule has 1 N–H and O–H groups in total. The Hall–Kier alpha value is -3.44. The van der Waals surface area contributed by atoms with Gasteiger partial charge in [-0.25, -0.2) is 0 Å². The van der Waals surface area contributed by atoms with Gasteiger partial charge in [-0.15, -0.1) is 0 Å². The maximum absolute atomic E-state index is 5.91. The molecule has 2 unspecified atom stereocenters. The van der Waals surface area contributed by atoms with Gasteiger partial charge in [0.25, 0.3) is 0 Å². The summed E-state index contributed by atoms with van der Waals surface area (Å²) >= 11 is 5.91. The topological polar surface area (TPSA) is 33.1 Å². The van der Waals surface area contributed by atoms with Gasteiger partial charge >= 0.3 is 0 Å². The lowest BCUT2D eigenvalue weighted by molar-refractivity contribution is 0.565. The van der Waals surface area contributed by atoms with E-state index < -0.39 is 0 Å². The summed E-state index contributed by atoms with van der Waals surface area (Å²) in [6.07, 6.45) is 2.84. The van der Waals surface area contributed by atoms with Crippen LogP contribution in [0.3, 0.4) is 0 Å². The molecule has 0 spiro atoms. The molecule has 4 aromatic rings. The molecule has 1 aliphatic heterocycles. The average molecular weight is 467 g/mol. The van der Waals surface area contributed by atoms with E-state index in [-0.39, 0.29) is 12.1 Å². The molecule has 5 heteroatoms. The van der Waals surface area contributed by atoms with Crippen molar-refractivity contribution in [1.29, 1.82) is 0 Å².